The van der Waals surface area contributed by atoms with Crippen molar-refractivity contribution in [2.45, 2.75) is 13.8 Å². The maximum absolute atomic E-state index is 12.9. The Morgan fingerprint density at radius 2 is 2.07 bits per heavy atom. The Hall–Kier alpha value is -2.85. The standard InChI is InChI=1S/C17H15N5O3S2/c1-4-9-21-15(23)14(27-17(21)18-16-20-19-11(3)26-16)10(2)12-5-7-13(8-6-12)22(24)25/h4-8H,1,9H2,2-3H3/b14-10-,18-17+. The predicted octanol–water partition coefficient (Wildman–Crippen LogP) is 3.93. The maximum atomic E-state index is 12.9. The fraction of sp³-hybridized carbons (Fsp3) is 0.176. The first-order chi connectivity index (χ1) is 12.9. The second-order valence-electron chi connectivity index (χ2n) is 5.56. The van der Waals surface area contributed by atoms with Gasteiger partial charge in [-0.15, -0.1) is 16.8 Å². The number of amides is 1. The van der Waals surface area contributed by atoms with E-state index in [-0.39, 0.29) is 11.6 Å². The molecule has 1 aromatic carbocycles. The third-order valence-electron chi connectivity index (χ3n) is 3.73. The summed E-state index contributed by atoms with van der Waals surface area (Å²) in [6, 6.07) is 6.11. The molecule has 0 N–H and O–H groups in total. The molecule has 2 heterocycles. The van der Waals surface area contributed by atoms with Crippen LogP contribution in [0.25, 0.3) is 5.57 Å². The molecule has 0 saturated carbocycles. The van der Waals surface area contributed by atoms with Gasteiger partial charge in [0.2, 0.25) is 5.13 Å². The van der Waals surface area contributed by atoms with Crippen LogP contribution in [0.2, 0.25) is 0 Å². The third kappa shape index (κ3) is 3.96. The van der Waals surface area contributed by atoms with Crippen LogP contribution in [0.1, 0.15) is 17.5 Å². The summed E-state index contributed by atoms with van der Waals surface area (Å²) in [6.45, 7) is 7.66. The molecular weight excluding hydrogens is 386 g/mol. The molecule has 8 nitrogen and oxygen atoms in total. The Morgan fingerprint density at radius 3 is 2.63 bits per heavy atom. The van der Waals surface area contributed by atoms with Gasteiger partial charge in [0.25, 0.3) is 11.6 Å². The number of nitro groups is 1. The Labute approximate surface area is 163 Å². The van der Waals surface area contributed by atoms with Crippen molar-refractivity contribution >= 4 is 50.6 Å². The molecule has 1 fully saturated rings. The highest BCUT2D eigenvalue weighted by Gasteiger charge is 2.34. The SMILES string of the molecule is C=CCN1C(=O)/C(=C(\C)c2ccc([N+](=O)[O-])cc2)S/C1=N/c1nnc(C)s1. The molecule has 27 heavy (non-hydrogen) atoms. The summed E-state index contributed by atoms with van der Waals surface area (Å²) >= 11 is 2.59. The van der Waals surface area contributed by atoms with Crippen molar-refractivity contribution in [2.75, 3.05) is 6.54 Å². The van der Waals surface area contributed by atoms with Crippen LogP contribution in [-0.4, -0.2) is 37.6 Å². The molecular formula is C17H15N5O3S2. The summed E-state index contributed by atoms with van der Waals surface area (Å²) in [4.78, 5) is 29.7. The molecule has 0 aliphatic carbocycles. The van der Waals surface area contributed by atoms with E-state index in [0.29, 0.717) is 21.7 Å². The van der Waals surface area contributed by atoms with Crippen LogP contribution in [0.3, 0.4) is 0 Å². The number of carbonyl (C=O) groups excluding carboxylic acids is 1. The summed E-state index contributed by atoms with van der Waals surface area (Å²) in [5, 5.41) is 20.5. The molecule has 3 rings (SSSR count). The van der Waals surface area contributed by atoms with E-state index in [0.717, 1.165) is 16.1 Å². The zero-order valence-electron chi connectivity index (χ0n) is 14.6. The largest absolute Gasteiger partial charge is 0.282 e. The first kappa shape index (κ1) is 18.9. The third-order valence-corrected chi connectivity index (χ3v) is 5.65. The van der Waals surface area contributed by atoms with Gasteiger partial charge in [0.05, 0.1) is 9.83 Å². The van der Waals surface area contributed by atoms with Gasteiger partial charge in [-0.2, -0.15) is 4.99 Å². The highest BCUT2D eigenvalue weighted by atomic mass is 32.2. The van der Waals surface area contributed by atoms with Crippen LogP contribution in [0.4, 0.5) is 10.8 Å². The maximum Gasteiger partial charge on any atom is 0.269 e. The topological polar surface area (TPSA) is 102 Å². The number of allylic oxidation sites excluding steroid dienone is 1. The number of carbonyl (C=O) groups is 1. The van der Waals surface area contributed by atoms with Crippen molar-refractivity contribution in [1.29, 1.82) is 0 Å². The molecule has 2 aromatic rings. The quantitative estimate of drug-likeness (QED) is 0.325. The molecule has 1 aliphatic heterocycles. The first-order valence-corrected chi connectivity index (χ1v) is 9.49. The Morgan fingerprint density at radius 1 is 1.37 bits per heavy atom. The van der Waals surface area contributed by atoms with Gasteiger partial charge in [-0.25, -0.2) is 0 Å². The number of non-ortho nitro benzene ring substituents is 1. The number of nitro benzene ring substituents is 1. The Balaban J connectivity index is 1.98. The van der Waals surface area contributed by atoms with Gasteiger partial charge in [-0.05, 0) is 48.9 Å². The van der Waals surface area contributed by atoms with E-state index in [4.69, 9.17) is 0 Å². The van der Waals surface area contributed by atoms with Crippen LogP contribution in [-0.2, 0) is 4.79 Å². The molecule has 138 valence electrons. The van der Waals surface area contributed by atoms with Crippen molar-refractivity contribution in [3.05, 3.63) is 62.5 Å². The summed E-state index contributed by atoms with van der Waals surface area (Å²) in [6.07, 6.45) is 1.63. The minimum Gasteiger partial charge on any atom is -0.282 e. The van der Waals surface area contributed by atoms with Crippen molar-refractivity contribution in [3.63, 3.8) is 0 Å². The zero-order chi connectivity index (χ0) is 19.6. The molecule has 1 amide bonds. The monoisotopic (exact) mass is 401 g/mol. The average Bonchev–Trinajstić information content (AvgIpc) is 3.19. The van der Waals surface area contributed by atoms with Crippen LogP contribution in [0, 0.1) is 17.0 Å². The normalized spacial score (nSPS) is 17.5. The van der Waals surface area contributed by atoms with Crippen molar-refractivity contribution < 1.29 is 9.72 Å². The summed E-state index contributed by atoms with van der Waals surface area (Å²) in [5.74, 6) is -0.184. The second kappa shape index (κ2) is 7.80. The van der Waals surface area contributed by atoms with Crippen molar-refractivity contribution in [1.82, 2.24) is 15.1 Å². The Bertz CT molecular complexity index is 979. The molecule has 0 atom stereocenters. The van der Waals surface area contributed by atoms with Gasteiger partial charge in [-0.1, -0.05) is 17.4 Å². The van der Waals surface area contributed by atoms with Crippen LogP contribution in [0.5, 0.6) is 0 Å². The summed E-state index contributed by atoms with van der Waals surface area (Å²) in [5.41, 5.74) is 1.47. The lowest BCUT2D eigenvalue weighted by Gasteiger charge is -2.12. The van der Waals surface area contributed by atoms with E-state index >= 15 is 0 Å². The molecule has 0 unspecified atom stereocenters. The minimum atomic E-state index is -0.456. The van der Waals surface area contributed by atoms with Gasteiger partial charge in [0.15, 0.2) is 5.17 Å². The number of amidine groups is 1. The van der Waals surface area contributed by atoms with E-state index in [1.807, 2.05) is 13.8 Å². The van der Waals surface area contributed by atoms with Crippen molar-refractivity contribution in [2.24, 2.45) is 4.99 Å². The van der Waals surface area contributed by atoms with Crippen molar-refractivity contribution in [3.8, 4) is 0 Å². The molecule has 0 radical (unpaired) electrons. The van der Waals surface area contributed by atoms with Gasteiger partial charge in [0, 0.05) is 18.7 Å². The van der Waals surface area contributed by atoms with Gasteiger partial charge < -0.3 is 0 Å². The van der Waals surface area contributed by atoms with E-state index in [2.05, 4.69) is 21.8 Å². The number of thioether (sulfide) groups is 1. The number of benzene rings is 1. The van der Waals surface area contributed by atoms with Gasteiger partial charge in [0.1, 0.15) is 5.01 Å². The number of aromatic nitrogens is 2. The second-order valence-corrected chi connectivity index (χ2v) is 7.70. The highest BCUT2D eigenvalue weighted by Crippen LogP contribution is 2.38. The smallest absolute Gasteiger partial charge is 0.269 e. The van der Waals surface area contributed by atoms with E-state index in [9.17, 15) is 14.9 Å². The highest BCUT2D eigenvalue weighted by molar-refractivity contribution is 8.18. The van der Waals surface area contributed by atoms with Crippen LogP contribution in [0.15, 0.2) is 46.8 Å². The minimum absolute atomic E-state index is 0.00382. The average molecular weight is 401 g/mol. The summed E-state index contributed by atoms with van der Waals surface area (Å²) in [7, 11) is 0. The number of nitrogens with zero attached hydrogens (tertiary/aromatic N) is 5. The lowest BCUT2D eigenvalue weighted by Crippen LogP contribution is -2.29. The molecule has 10 heteroatoms. The molecule has 1 saturated heterocycles. The lowest BCUT2D eigenvalue weighted by molar-refractivity contribution is -0.384. The van der Waals surface area contributed by atoms with E-state index < -0.39 is 4.92 Å². The number of aliphatic imine (C=N–C) groups is 1. The zero-order valence-corrected chi connectivity index (χ0v) is 16.2. The first-order valence-electron chi connectivity index (χ1n) is 7.86. The number of hydrogen-bond acceptors (Lipinski definition) is 8. The van der Waals surface area contributed by atoms with Gasteiger partial charge >= 0.3 is 0 Å². The van der Waals surface area contributed by atoms with Crippen LogP contribution >= 0.6 is 23.1 Å². The molecule has 1 aromatic heterocycles. The lowest BCUT2D eigenvalue weighted by atomic mass is 10.1. The Kier molecular flexibility index (Phi) is 5.47. The van der Waals surface area contributed by atoms with E-state index in [1.165, 1.54) is 40.1 Å². The number of hydrogen-bond donors (Lipinski definition) is 0. The predicted molar refractivity (Wildman–Crippen MR) is 107 cm³/mol. The van der Waals surface area contributed by atoms with Gasteiger partial charge in [-0.3, -0.25) is 19.8 Å². The van der Waals surface area contributed by atoms with Crippen LogP contribution < -0.4 is 0 Å². The molecule has 1 aliphatic rings. The number of aryl methyl sites for hydroxylation is 1. The summed E-state index contributed by atoms with van der Waals surface area (Å²) < 4.78 is 0. The number of rotatable bonds is 5. The molecule has 0 bridgehead atoms. The fourth-order valence-electron chi connectivity index (χ4n) is 2.39. The fourth-order valence-corrected chi connectivity index (χ4v) is 4.06. The van der Waals surface area contributed by atoms with E-state index in [1.54, 1.807) is 18.2 Å². The molecule has 0 spiro atoms.